The molecule has 5 atom stereocenters. The third kappa shape index (κ3) is 7.52. The van der Waals surface area contributed by atoms with Crippen molar-refractivity contribution in [3.05, 3.63) is 35.4 Å². The number of hydrogen-bond donors (Lipinski definition) is 3. The van der Waals surface area contributed by atoms with Gasteiger partial charge in [0.2, 0.25) is 5.91 Å². The molecule has 0 aromatic heterocycles. The van der Waals surface area contributed by atoms with Crippen molar-refractivity contribution in [1.82, 2.24) is 20.4 Å². The van der Waals surface area contributed by atoms with Crippen LogP contribution in [0.5, 0.6) is 0 Å². The summed E-state index contributed by atoms with van der Waals surface area (Å²) in [4.78, 5) is 52.7. The number of carboxylic acid groups (broad SMARTS) is 1. The fourth-order valence-electron chi connectivity index (χ4n) is 5.03. The molecule has 2 saturated heterocycles. The molecule has 2 fully saturated rings. The molecule has 0 radical (unpaired) electrons. The van der Waals surface area contributed by atoms with Gasteiger partial charge in [0.05, 0.1) is 17.7 Å². The summed E-state index contributed by atoms with van der Waals surface area (Å²) in [5, 5.41) is 24.9. The van der Waals surface area contributed by atoms with Crippen molar-refractivity contribution in [3.63, 3.8) is 0 Å². The standard InChI is InChI=1S/C27H37N5O6/c1-17(18-7-5-8-19(11-18)25(35)36)29-20-12-22(16-33)31(14-20)15-23(30-26(37)38-27(2,3)4)24(34)32-10-6-9-21(32)13-28/h5,7-8,11,16-17,20-23,29H,6,9-10,12,14-15H2,1-4H3,(H,30,37)(H,35,36)/t17?,20-,21?,22?,23?/m0/s1. The van der Waals surface area contributed by atoms with E-state index in [0.717, 1.165) is 11.8 Å². The van der Waals surface area contributed by atoms with Crippen LogP contribution in [0.15, 0.2) is 24.3 Å². The van der Waals surface area contributed by atoms with Gasteiger partial charge in [0.25, 0.3) is 0 Å². The molecular weight excluding hydrogens is 490 g/mol. The lowest BCUT2D eigenvalue weighted by Gasteiger charge is -2.31. The molecular formula is C27H37N5O6. The molecule has 11 nitrogen and oxygen atoms in total. The normalized spacial score (nSPS) is 23.3. The van der Waals surface area contributed by atoms with E-state index in [1.54, 1.807) is 32.9 Å². The van der Waals surface area contributed by atoms with Gasteiger partial charge in [-0.15, -0.1) is 0 Å². The van der Waals surface area contributed by atoms with E-state index in [4.69, 9.17) is 4.74 Å². The van der Waals surface area contributed by atoms with Crippen molar-refractivity contribution < 1.29 is 29.0 Å². The maximum absolute atomic E-state index is 13.5. The van der Waals surface area contributed by atoms with E-state index in [-0.39, 0.29) is 30.1 Å². The van der Waals surface area contributed by atoms with Crippen LogP contribution in [0.25, 0.3) is 0 Å². The minimum Gasteiger partial charge on any atom is -0.478 e. The first-order valence-corrected chi connectivity index (χ1v) is 12.9. The maximum Gasteiger partial charge on any atom is 0.408 e. The van der Waals surface area contributed by atoms with Gasteiger partial charge in [0, 0.05) is 31.7 Å². The number of rotatable bonds is 9. The number of nitrogens with zero attached hydrogens (tertiary/aromatic N) is 3. The van der Waals surface area contributed by atoms with Crippen LogP contribution in [0.3, 0.4) is 0 Å². The van der Waals surface area contributed by atoms with Gasteiger partial charge in [-0.05, 0) is 64.7 Å². The van der Waals surface area contributed by atoms with Gasteiger partial charge >= 0.3 is 12.1 Å². The van der Waals surface area contributed by atoms with Crippen LogP contribution < -0.4 is 10.6 Å². The number of nitrogens with one attached hydrogen (secondary N) is 2. The van der Waals surface area contributed by atoms with Gasteiger partial charge in [0.1, 0.15) is 24.0 Å². The lowest BCUT2D eigenvalue weighted by atomic mass is 10.0. The predicted molar refractivity (Wildman–Crippen MR) is 138 cm³/mol. The summed E-state index contributed by atoms with van der Waals surface area (Å²) in [5.41, 5.74) is 0.243. The number of alkyl carbamates (subject to hydrolysis) is 1. The van der Waals surface area contributed by atoms with Gasteiger partial charge in [-0.3, -0.25) is 9.69 Å². The van der Waals surface area contributed by atoms with Gasteiger partial charge in [-0.25, -0.2) is 9.59 Å². The summed E-state index contributed by atoms with van der Waals surface area (Å²) in [5.74, 6) is -1.38. The molecule has 38 heavy (non-hydrogen) atoms. The van der Waals surface area contributed by atoms with Crippen LogP contribution in [0, 0.1) is 11.3 Å². The van der Waals surface area contributed by atoms with Gasteiger partial charge in [-0.1, -0.05) is 12.1 Å². The smallest absolute Gasteiger partial charge is 0.408 e. The number of benzene rings is 1. The predicted octanol–water partition coefficient (Wildman–Crippen LogP) is 2.09. The number of carbonyl (C=O) groups excluding carboxylic acids is 3. The fourth-order valence-corrected chi connectivity index (χ4v) is 5.03. The van der Waals surface area contributed by atoms with Crippen molar-refractivity contribution in [1.29, 1.82) is 5.26 Å². The highest BCUT2D eigenvalue weighted by molar-refractivity contribution is 5.88. The largest absolute Gasteiger partial charge is 0.478 e. The summed E-state index contributed by atoms with van der Waals surface area (Å²) >= 11 is 0. The quantitative estimate of drug-likeness (QED) is 0.410. The zero-order valence-electron chi connectivity index (χ0n) is 22.3. The van der Waals surface area contributed by atoms with Gasteiger partial charge in [0.15, 0.2) is 0 Å². The first-order valence-electron chi connectivity index (χ1n) is 12.9. The van der Waals surface area contributed by atoms with Gasteiger partial charge < -0.3 is 30.2 Å². The van der Waals surface area contributed by atoms with Crippen molar-refractivity contribution in [2.24, 2.45) is 0 Å². The fraction of sp³-hybridized carbons (Fsp3) is 0.593. The highest BCUT2D eigenvalue weighted by Crippen LogP contribution is 2.23. The number of carboxylic acids is 1. The Morgan fingerprint density at radius 2 is 2.05 bits per heavy atom. The molecule has 2 aliphatic heterocycles. The molecule has 2 aliphatic rings. The number of aldehydes is 1. The first-order chi connectivity index (χ1) is 17.9. The molecule has 4 unspecified atom stereocenters. The van der Waals surface area contributed by atoms with E-state index in [1.165, 1.54) is 11.0 Å². The summed E-state index contributed by atoms with van der Waals surface area (Å²) in [7, 11) is 0. The Kier molecular flexibility index (Phi) is 9.46. The molecule has 0 aliphatic carbocycles. The molecule has 3 N–H and O–H groups in total. The van der Waals surface area contributed by atoms with Crippen molar-refractivity contribution in [2.75, 3.05) is 19.6 Å². The average molecular weight is 528 g/mol. The summed E-state index contributed by atoms with van der Waals surface area (Å²) < 4.78 is 5.37. The highest BCUT2D eigenvalue weighted by atomic mass is 16.6. The highest BCUT2D eigenvalue weighted by Gasteiger charge is 2.39. The van der Waals surface area contributed by atoms with E-state index in [0.29, 0.717) is 32.4 Å². The van der Waals surface area contributed by atoms with Crippen LogP contribution in [-0.2, 0) is 14.3 Å². The van der Waals surface area contributed by atoms with E-state index in [9.17, 15) is 29.5 Å². The number of carbonyl (C=O) groups is 4. The van der Waals surface area contributed by atoms with E-state index < -0.39 is 35.8 Å². The Hall–Kier alpha value is -3.49. The number of likely N-dealkylation sites (tertiary alicyclic amines) is 2. The van der Waals surface area contributed by atoms with E-state index in [1.807, 2.05) is 17.9 Å². The SMILES string of the molecule is CC(N[C@H]1CC(C=O)N(CC(NC(=O)OC(C)(C)C)C(=O)N2CCCC2C#N)C1)c1cccc(C(=O)O)c1. The second kappa shape index (κ2) is 12.4. The monoisotopic (exact) mass is 527 g/mol. The second-order valence-corrected chi connectivity index (χ2v) is 10.9. The van der Waals surface area contributed by atoms with E-state index >= 15 is 0 Å². The third-order valence-corrected chi connectivity index (χ3v) is 6.82. The van der Waals surface area contributed by atoms with E-state index in [2.05, 4.69) is 16.7 Å². The summed E-state index contributed by atoms with van der Waals surface area (Å²) in [6.07, 6.45) is 1.86. The maximum atomic E-state index is 13.5. The number of ether oxygens (including phenoxy) is 1. The number of nitriles is 1. The van der Waals surface area contributed by atoms with Crippen LogP contribution in [0.4, 0.5) is 4.79 Å². The Balaban J connectivity index is 1.73. The van der Waals surface area contributed by atoms with Crippen molar-refractivity contribution in [3.8, 4) is 6.07 Å². The summed E-state index contributed by atoms with van der Waals surface area (Å²) in [6, 6.07) is 6.53. The van der Waals surface area contributed by atoms with Crippen molar-refractivity contribution in [2.45, 2.75) is 82.8 Å². The zero-order valence-corrected chi connectivity index (χ0v) is 22.3. The van der Waals surface area contributed by atoms with Gasteiger partial charge in [-0.2, -0.15) is 5.26 Å². The first kappa shape index (κ1) is 29.1. The molecule has 2 amide bonds. The second-order valence-electron chi connectivity index (χ2n) is 10.9. The molecule has 0 saturated carbocycles. The molecule has 11 heteroatoms. The minimum absolute atomic E-state index is 0.0805. The molecule has 0 spiro atoms. The molecule has 1 aromatic carbocycles. The number of hydrogen-bond acceptors (Lipinski definition) is 8. The third-order valence-electron chi connectivity index (χ3n) is 6.82. The van der Waals surface area contributed by atoms with Crippen LogP contribution in [0.2, 0.25) is 0 Å². The van der Waals surface area contributed by atoms with Crippen molar-refractivity contribution >= 4 is 24.3 Å². The molecule has 2 heterocycles. The molecule has 0 bridgehead atoms. The Morgan fingerprint density at radius 3 is 2.68 bits per heavy atom. The topological polar surface area (TPSA) is 152 Å². The number of amides is 2. The Morgan fingerprint density at radius 1 is 1.32 bits per heavy atom. The lowest BCUT2D eigenvalue weighted by molar-refractivity contribution is -0.134. The minimum atomic E-state index is -1.00. The van der Waals surface area contributed by atoms with Crippen LogP contribution in [0.1, 0.15) is 68.9 Å². The average Bonchev–Trinajstić information content (AvgIpc) is 3.48. The summed E-state index contributed by atoms with van der Waals surface area (Å²) in [6.45, 7) is 8.04. The zero-order chi connectivity index (χ0) is 28.0. The van der Waals surface area contributed by atoms with Crippen LogP contribution >= 0.6 is 0 Å². The Labute approximate surface area is 223 Å². The molecule has 206 valence electrons. The van der Waals surface area contributed by atoms with Crippen LogP contribution in [-0.4, -0.2) is 88.6 Å². The number of aromatic carboxylic acids is 1. The Bertz CT molecular complexity index is 1080. The molecule has 3 rings (SSSR count). The lowest BCUT2D eigenvalue weighted by Crippen LogP contribution is -2.56. The molecule has 1 aromatic rings.